The van der Waals surface area contributed by atoms with Gasteiger partial charge in [0, 0.05) is 49.1 Å². The molecule has 0 bridgehead atoms. The number of methoxy groups -OCH3 is 1. The first-order chi connectivity index (χ1) is 18.4. The molecule has 6 rings (SSSR count). The molecular formula is C26H31FN8O3. The average Bonchev–Trinajstić information content (AvgIpc) is 3.34. The summed E-state index contributed by atoms with van der Waals surface area (Å²) < 4.78 is 21.6. The Kier molecular flexibility index (Phi) is 6.11. The fraction of sp³-hybridized carbons (Fsp3) is 0.538. The number of carbonyl (C=O) groups is 2. The molecule has 0 aromatic carbocycles. The number of carbonyl (C=O) groups excluding carboxylic acids is 2. The molecule has 1 unspecified atom stereocenters. The van der Waals surface area contributed by atoms with E-state index in [2.05, 4.69) is 35.3 Å². The second-order valence-corrected chi connectivity index (χ2v) is 10.7. The minimum absolute atomic E-state index is 0.0672. The Morgan fingerprint density at radius 2 is 2.08 bits per heavy atom. The summed E-state index contributed by atoms with van der Waals surface area (Å²) in [6, 6.07) is 3.01. The van der Waals surface area contributed by atoms with Crippen LogP contribution in [0, 0.1) is 24.6 Å². The Bertz CT molecular complexity index is 1380. The molecule has 3 aromatic rings. The summed E-state index contributed by atoms with van der Waals surface area (Å²) in [7, 11) is 1.45. The molecule has 200 valence electrons. The average molecular weight is 523 g/mol. The van der Waals surface area contributed by atoms with Crippen molar-refractivity contribution in [2.45, 2.75) is 57.5 Å². The van der Waals surface area contributed by atoms with Gasteiger partial charge in [-0.1, -0.05) is 0 Å². The molecule has 2 fully saturated rings. The maximum absolute atomic E-state index is 14.3. The highest BCUT2D eigenvalue weighted by atomic mass is 19.1. The van der Waals surface area contributed by atoms with Crippen molar-refractivity contribution >= 4 is 11.8 Å². The number of amides is 2. The number of likely N-dealkylation sites (tertiary alicyclic amines) is 1. The van der Waals surface area contributed by atoms with Crippen LogP contribution < -0.4 is 10.1 Å². The number of ether oxygens (including phenoxy) is 1. The molecule has 3 aromatic heterocycles. The van der Waals surface area contributed by atoms with Crippen molar-refractivity contribution in [3.63, 3.8) is 0 Å². The fourth-order valence-electron chi connectivity index (χ4n) is 5.90. The van der Waals surface area contributed by atoms with Gasteiger partial charge in [0.15, 0.2) is 5.82 Å². The van der Waals surface area contributed by atoms with E-state index in [-0.39, 0.29) is 34.7 Å². The number of fused-ring (bicyclic) bond motifs is 1. The number of nitrogens with one attached hydrogen (secondary N) is 2. The lowest BCUT2D eigenvalue weighted by Crippen LogP contribution is -2.51. The minimum atomic E-state index is -0.549. The van der Waals surface area contributed by atoms with Crippen molar-refractivity contribution in [3.05, 3.63) is 41.5 Å². The Morgan fingerprint density at radius 1 is 1.24 bits per heavy atom. The molecule has 2 N–H and O–H groups in total. The number of nitrogens with zero attached hydrogens (tertiary/aromatic N) is 6. The van der Waals surface area contributed by atoms with Crippen LogP contribution in [0.5, 0.6) is 5.88 Å². The van der Waals surface area contributed by atoms with E-state index < -0.39 is 5.82 Å². The van der Waals surface area contributed by atoms with Gasteiger partial charge in [0.1, 0.15) is 17.3 Å². The van der Waals surface area contributed by atoms with Crippen molar-refractivity contribution in [3.8, 4) is 17.1 Å². The first-order valence-corrected chi connectivity index (χ1v) is 13.1. The quantitative estimate of drug-likeness (QED) is 0.508. The van der Waals surface area contributed by atoms with Gasteiger partial charge in [-0.2, -0.15) is 5.10 Å². The van der Waals surface area contributed by atoms with Crippen molar-refractivity contribution in [2.75, 3.05) is 20.2 Å². The zero-order chi connectivity index (χ0) is 26.4. The molecule has 12 heteroatoms. The number of rotatable bonds is 6. The van der Waals surface area contributed by atoms with E-state index in [4.69, 9.17) is 4.74 Å². The smallest absolute Gasteiger partial charge is 0.272 e. The van der Waals surface area contributed by atoms with E-state index in [0.717, 1.165) is 50.1 Å². The molecule has 2 atom stereocenters. The Hall–Kier alpha value is -3.83. The molecule has 1 saturated carbocycles. The predicted molar refractivity (Wildman–Crippen MR) is 134 cm³/mol. The molecular weight excluding hydrogens is 491 g/mol. The van der Waals surface area contributed by atoms with Crippen molar-refractivity contribution in [1.29, 1.82) is 0 Å². The summed E-state index contributed by atoms with van der Waals surface area (Å²) in [5.41, 5.74) is 0.510. The topological polar surface area (TPSA) is 131 Å². The Balaban J connectivity index is 1.07. The fourth-order valence-corrected chi connectivity index (χ4v) is 5.90. The standard InChI is InChI=1S/C26H31FN8O3/c1-15-30-33-22-9-16(3-7-34(15)22)13-29-24(36)17-4-8-35(26(12-17)5-6-26)25(37)21-11-20(31-32-21)18-10-23(38-2)28-14-19(18)27/h10-11,14,16-17H,3-9,12-13H2,1-2H3,(H,29,36)(H,31,32)/t16-,17?/m0/s1. The minimum Gasteiger partial charge on any atom is -0.481 e. The molecule has 2 amide bonds. The van der Waals surface area contributed by atoms with Crippen LogP contribution in [0.4, 0.5) is 4.39 Å². The number of piperidine rings is 1. The Morgan fingerprint density at radius 3 is 2.87 bits per heavy atom. The van der Waals surface area contributed by atoms with Gasteiger partial charge in [-0.05, 0) is 51.0 Å². The van der Waals surface area contributed by atoms with Crippen LogP contribution in [0.15, 0.2) is 18.3 Å². The summed E-state index contributed by atoms with van der Waals surface area (Å²) in [5, 5.41) is 18.5. The van der Waals surface area contributed by atoms with Gasteiger partial charge in [-0.15, -0.1) is 10.2 Å². The summed E-state index contributed by atoms with van der Waals surface area (Å²) >= 11 is 0. The highest BCUT2D eigenvalue weighted by Gasteiger charge is 2.54. The first kappa shape index (κ1) is 24.5. The highest BCUT2D eigenvalue weighted by Crippen LogP contribution is 2.50. The summed E-state index contributed by atoms with van der Waals surface area (Å²) in [6.45, 7) is 3.97. The number of hydrogen-bond acceptors (Lipinski definition) is 7. The second kappa shape index (κ2) is 9.48. The Labute approximate surface area is 219 Å². The molecule has 38 heavy (non-hydrogen) atoms. The molecule has 1 saturated heterocycles. The molecule has 1 aliphatic carbocycles. The van der Waals surface area contributed by atoms with E-state index in [1.54, 1.807) is 6.07 Å². The van der Waals surface area contributed by atoms with Crippen LogP contribution in [0.2, 0.25) is 0 Å². The largest absolute Gasteiger partial charge is 0.481 e. The number of aryl methyl sites for hydroxylation is 1. The number of aromatic nitrogens is 6. The molecule has 5 heterocycles. The monoisotopic (exact) mass is 522 g/mol. The SMILES string of the molecule is COc1cc(-c2cc(C(=O)N3CCC(C(=O)NC[C@H]4CCn5c(C)nnc5C4)CC34CC4)[nH]n2)c(F)cn1. The summed E-state index contributed by atoms with van der Waals surface area (Å²) in [6.07, 6.45) is 5.88. The van der Waals surface area contributed by atoms with Crippen LogP contribution in [0.3, 0.4) is 0 Å². The van der Waals surface area contributed by atoms with Crippen LogP contribution >= 0.6 is 0 Å². The van der Waals surface area contributed by atoms with E-state index >= 15 is 0 Å². The maximum Gasteiger partial charge on any atom is 0.272 e. The van der Waals surface area contributed by atoms with Crippen LogP contribution in [-0.4, -0.2) is 72.4 Å². The summed E-state index contributed by atoms with van der Waals surface area (Å²) in [4.78, 5) is 32.2. The highest BCUT2D eigenvalue weighted by molar-refractivity contribution is 5.94. The van der Waals surface area contributed by atoms with Crippen molar-refractivity contribution < 1.29 is 18.7 Å². The molecule has 3 aliphatic rings. The lowest BCUT2D eigenvalue weighted by molar-refractivity contribution is -0.127. The van der Waals surface area contributed by atoms with Gasteiger partial charge < -0.3 is 19.5 Å². The normalized spacial score (nSPS) is 21.7. The van der Waals surface area contributed by atoms with Crippen molar-refractivity contribution in [2.24, 2.45) is 11.8 Å². The van der Waals surface area contributed by atoms with Gasteiger partial charge in [0.05, 0.1) is 19.0 Å². The zero-order valence-corrected chi connectivity index (χ0v) is 21.5. The third kappa shape index (κ3) is 4.41. The first-order valence-electron chi connectivity index (χ1n) is 13.1. The molecule has 1 spiro atoms. The maximum atomic E-state index is 14.3. The van der Waals surface area contributed by atoms with Crippen LogP contribution in [-0.2, 0) is 17.8 Å². The van der Waals surface area contributed by atoms with E-state index in [9.17, 15) is 14.0 Å². The van der Waals surface area contributed by atoms with Gasteiger partial charge in [0.25, 0.3) is 5.91 Å². The second-order valence-electron chi connectivity index (χ2n) is 10.7. The molecule has 0 radical (unpaired) electrons. The lowest BCUT2D eigenvalue weighted by Gasteiger charge is -2.39. The van der Waals surface area contributed by atoms with E-state index in [1.165, 1.54) is 13.2 Å². The van der Waals surface area contributed by atoms with Gasteiger partial charge >= 0.3 is 0 Å². The number of halogens is 1. The predicted octanol–water partition coefficient (Wildman–Crippen LogP) is 2.28. The molecule has 2 aliphatic heterocycles. The van der Waals surface area contributed by atoms with E-state index in [1.807, 2.05) is 11.8 Å². The van der Waals surface area contributed by atoms with Crippen LogP contribution in [0.1, 0.15) is 54.2 Å². The van der Waals surface area contributed by atoms with Crippen molar-refractivity contribution in [1.82, 2.24) is 40.2 Å². The number of aromatic amines is 1. The number of pyridine rings is 1. The van der Waals surface area contributed by atoms with Crippen LogP contribution in [0.25, 0.3) is 11.3 Å². The third-order valence-corrected chi connectivity index (χ3v) is 8.28. The van der Waals surface area contributed by atoms with Gasteiger partial charge in [-0.3, -0.25) is 14.7 Å². The number of H-pyrrole nitrogens is 1. The third-order valence-electron chi connectivity index (χ3n) is 8.28. The number of hydrogen-bond donors (Lipinski definition) is 2. The summed E-state index contributed by atoms with van der Waals surface area (Å²) in [5.74, 6) is 1.77. The zero-order valence-electron chi connectivity index (χ0n) is 21.5. The van der Waals surface area contributed by atoms with Gasteiger partial charge in [0.2, 0.25) is 11.8 Å². The van der Waals surface area contributed by atoms with E-state index in [0.29, 0.717) is 43.2 Å². The van der Waals surface area contributed by atoms with Gasteiger partial charge in [-0.25, -0.2) is 9.37 Å². The lowest BCUT2D eigenvalue weighted by atomic mass is 9.87. The molecule has 11 nitrogen and oxygen atoms in total.